The van der Waals surface area contributed by atoms with Gasteiger partial charge in [0.05, 0.1) is 7.11 Å². The zero-order valence-electron chi connectivity index (χ0n) is 11.2. The Labute approximate surface area is 112 Å². The van der Waals surface area contributed by atoms with Gasteiger partial charge in [0.25, 0.3) is 0 Å². The number of carbonyl (C=O) groups excluding carboxylic acids is 1. The van der Waals surface area contributed by atoms with Crippen molar-refractivity contribution in [3.05, 3.63) is 6.33 Å². The largest absolute Gasteiger partial charge is 0.490 e. The Balaban J connectivity index is 2.10. The summed E-state index contributed by atoms with van der Waals surface area (Å²) in [6.45, 7) is 3.35. The predicted molar refractivity (Wildman–Crippen MR) is 72.4 cm³/mol. The molecule has 0 aromatic carbocycles. The van der Waals surface area contributed by atoms with Crippen molar-refractivity contribution in [3.8, 4) is 5.75 Å². The molecule has 1 fully saturated rings. The Morgan fingerprint density at radius 1 is 1.47 bits per heavy atom. The van der Waals surface area contributed by atoms with Crippen LogP contribution in [0.3, 0.4) is 0 Å². The van der Waals surface area contributed by atoms with Crippen LogP contribution in [0.1, 0.15) is 19.8 Å². The molecule has 1 aromatic heterocycles. The molecule has 0 radical (unpaired) electrons. The van der Waals surface area contributed by atoms with Crippen LogP contribution in [0, 0.1) is 0 Å². The van der Waals surface area contributed by atoms with E-state index in [1.54, 1.807) is 7.11 Å². The number of rotatable bonds is 5. The second-order valence-corrected chi connectivity index (χ2v) is 4.32. The van der Waals surface area contributed by atoms with Gasteiger partial charge in [-0.1, -0.05) is 0 Å². The lowest BCUT2D eigenvalue weighted by Crippen LogP contribution is -2.42. The van der Waals surface area contributed by atoms with E-state index in [0.717, 1.165) is 13.0 Å². The van der Waals surface area contributed by atoms with E-state index in [0.29, 0.717) is 30.4 Å². The SMILES string of the molecule is CCNc1ncnc(NC2CCC(=O)NC2)c1OC. The molecule has 0 aliphatic carbocycles. The van der Waals surface area contributed by atoms with E-state index < -0.39 is 0 Å². The van der Waals surface area contributed by atoms with Crippen molar-refractivity contribution < 1.29 is 9.53 Å². The van der Waals surface area contributed by atoms with Crippen LogP contribution in [0.4, 0.5) is 11.6 Å². The highest BCUT2D eigenvalue weighted by Crippen LogP contribution is 2.29. The van der Waals surface area contributed by atoms with Crippen LogP contribution in [-0.2, 0) is 4.79 Å². The third kappa shape index (κ3) is 3.24. The Bertz CT molecular complexity index is 442. The molecule has 2 heterocycles. The van der Waals surface area contributed by atoms with Gasteiger partial charge < -0.3 is 20.7 Å². The van der Waals surface area contributed by atoms with Crippen LogP contribution in [0.2, 0.25) is 0 Å². The van der Waals surface area contributed by atoms with E-state index in [1.807, 2.05) is 6.92 Å². The Kier molecular flexibility index (Phi) is 4.38. The summed E-state index contributed by atoms with van der Waals surface area (Å²) >= 11 is 0. The maximum atomic E-state index is 11.1. The van der Waals surface area contributed by atoms with E-state index in [4.69, 9.17) is 4.74 Å². The molecule has 1 aromatic rings. The van der Waals surface area contributed by atoms with E-state index in [9.17, 15) is 4.79 Å². The number of piperidine rings is 1. The van der Waals surface area contributed by atoms with Crippen molar-refractivity contribution in [3.63, 3.8) is 0 Å². The van der Waals surface area contributed by atoms with Crippen LogP contribution in [0.5, 0.6) is 5.75 Å². The molecule has 1 aliphatic rings. The standard InChI is InChI=1S/C12H19N5O2/c1-3-13-11-10(19-2)12(16-7-15-11)17-8-4-5-9(18)14-6-8/h7-8H,3-6H2,1-2H3,(H,14,18)(H2,13,15,16,17). The molecule has 1 aliphatic heterocycles. The molecule has 1 saturated heterocycles. The van der Waals surface area contributed by atoms with Gasteiger partial charge in [-0.15, -0.1) is 0 Å². The van der Waals surface area contributed by atoms with Crippen LogP contribution >= 0.6 is 0 Å². The molecule has 7 heteroatoms. The van der Waals surface area contributed by atoms with Crippen molar-refractivity contribution in [2.45, 2.75) is 25.8 Å². The second kappa shape index (κ2) is 6.21. The van der Waals surface area contributed by atoms with E-state index in [1.165, 1.54) is 6.33 Å². The van der Waals surface area contributed by atoms with Crippen LogP contribution in [-0.4, -0.2) is 42.1 Å². The van der Waals surface area contributed by atoms with Crippen molar-refractivity contribution in [2.24, 2.45) is 0 Å². The van der Waals surface area contributed by atoms with Crippen molar-refractivity contribution in [1.82, 2.24) is 15.3 Å². The van der Waals surface area contributed by atoms with Gasteiger partial charge in [0.1, 0.15) is 6.33 Å². The van der Waals surface area contributed by atoms with Gasteiger partial charge in [-0.25, -0.2) is 9.97 Å². The second-order valence-electron chi connectivity index (χ2n) is 4.32. The molecule has 0 bridgehead atoms. The highest BCUT2D eigenvalue weighted by molar-refractivity contribution is 5.77. The summed E-state index contributed by atoms with van der Waals surface area (Å²) < 4.78 is 5.35. The minimum Gasteiger partial charge on any atom is -0.490 e. The van der Waals surface area contributed by atoms with E-state index in [2.05, 4.69) is 25.9 Å². The summed E-state index contributed by atoms with van der Waals surface area (Å²) in [7, 11) is 1.59. The smallest absolute Gasteiger partial charge is 0.220 e. The third-order valence-electron chi connectivity index (χ3n) is 2.96. The molecule has 7 nitrogen and oxygen atoms in total. The molecule has 1 atom stereocenters. The lowest BCUT2D eigenvalue weighted by Gasteiger charge is -2.25. The number of amides is 1. The van der Waals surface area contributed by atoms with Gasteiger partial charge in [0, 0.05) is 25.6 Å². The normalized spacial score (nSPS) is 18.6. The lowest BCUT2D eigenvalue weighted by molar-refractivity contribution is -0.122. The molecule has 0 saturated carbocycles. The van der Waals surface area contributed by atoms with Crippen LogP contribution in [0.25, 0.3) is 0 Å². The van der Waals surface area contributed by atoms with E-state index in [-0.39, 0.29) is 11.9 Å². The number of methoxy groups -OCH3 is 1. The highest BCUT2D eigenvalue weighted by Gasteiger charge is 2.20. The van der Waals surface area contributed by atoms with Crippen molar-refractivity contribution in [1.29, 1.82) is 0 Å². The maximum Gasteiger partial charge on any atom is 0.220 e. The van der Waals surface area contributed by atoms with Gasteiger partial charge in [0.2, 0.25) is 11.7 Å². The number of carbonyl (C=O) groups is 1. The monoisotopic (exact) mass is 265 g/mol. The maximum absolute atomic E-state index is 11.1. The molecule has 1 amide bonds. The summed E-state index contributed by atoms with van der Waals surface area (Å²) in [5, 5.41) is 9.24. The van der Waals surface area contributed by atoms with Crippen LogP contribution in [0.15, 0.2) is 6.33 Å². The van der Waals surface area contributed by atoms with Crippen LogP contribution < -0.4 is 20.7 Å². The Hall–Kier alpha value is -2.05. The molecule has 1 unspecified atom stereocenters. The summed E-state index contributed by atoms with van der Waals surface area (Å²) in [5.74, 6) is 2.01. The first-order chi connectivity index (χ1) is 9.24. The van der Waals surface area contributed by atoms with Crippen molar-refractivity contribution >= 4 is 17.5 Å². The molecule has 2 rings (SSSR count). The average molecular weight is 265 g/mol. The van der Waals surface area contributed by atoms with Crippen molar-refractivity contribution in [2.75, 3.05) is 30.8 Å². The van der Waals surface area contributed by atoms with E-state index >= 15 is 0 Å². The van der Waals surface area contributed by atoms with Gasteiger partial charge in [0.15, 0.2) is 11.6 Å². The summed E-state index contributed by atoms with van der Waals surface area (Å²) in [5.41, 5.74) is 0. The molecular weight excluding hydrogens is 246 g/mol. The molecule has 0 spiro atoms. The quantitative estimate of drug-likeness (QED) is 0.723. The first-order valence-electron chi connectivity index (χ1n) is 6.40. The highest BCUT2D eigenvalue weighted by atomic mass is 16.5. The number of nitrogens with one attached hydrogen (secondary N) is 3. The fourth-order valence-electron chi connectivity index (χ4n) is 2.01. The zero-order chi connectivity index (χ0) is 13.7. The number of hydrogen-bond donors (Lipinski definition) is 3. The average Bonchev–Trinajstić information content (AvgIpc) is 2.42. The molecule has 3 N–H and O–H groups in total. The van der Waals surface area contributed by atoms with Gasteiger partial charge in [-0.3, -0.25) is 4.79 Å². The molecule has 19 heavy (non-hydrogen) atoms. The number of ether oxygens (including phenoxy) is 1. The number of nitrogens with zero attached hydrogens (tertiary/aromatic N) is 2. The number of anilines is 2. The summed E-state index contributed by atoms with van der Waals surface area (Å²) in [6, 6.07) is 0.163. The zero-order valence-corrected chi connectivity index (χ0v) is 11.2. The summed E-state index contributed by atoms with van der Waals surface area (Å²) in [4.78, 5) is 19.5. The topological polar surface area (TPSA) is 88.2 Å². The van der Waals surface area contributed by atoms with Gasteiger partial charge in [-0.2, -0.15) is 0 Å². The van der Waals surface area contributed by atoms with Gasteiger partial charge in [-0.05, 0) is 13.3 Å². The fourth-order valence-corrected chi connectivity index (χ4v) is 2.01. The predicted octanol–water partition coefficient (Wildman–Crippen LogP) is 0.607. The minimum atomic E-state index is 0.0982. The lowest BCUT2D eigenvalue weighted by atomic mass is 10.1. The first-order valence-corrected chi connectivity index (χ1v) is 6.40. The number of hydrogen-bond acceptors (Lipinski definition) is 6. The molecule has 104 valence electrons. The summed E-state index contributed by atoms with van der Waals surface area (Å²) in [6.07, 6.45) is 2.81. The van der Waals surface area contributed by atoms with Gasteiger partial charge >= 0.3 is 0 Å². The Morgan fingerprint density at radius 2 is 2.26 bits per heavy atom. The number of aromatic nitrogens is 2. The minimum absolute atomic E-state index is 0.0982. The molecular formula is C12H19N5O2. The fraction of sp³-hybridized carbons (Fsp3) is 0.583. The third-order valence-corrected chi connectivity index (χ3v) is 2.96. The first kappa shape index (κ1) is 13.4. The Morgan fingerprint density at radius 3 is 2.89 bits per heavy atom.